The average molecular weight is 354 g/mol. The molecule has 25 heavy (non-hydrogen) atoms. The molecule has 0 atom stereocenters. The fraction of sp³-hybridized carbons (Fsp3) is 0.412. The van der Waals surface area contributed by atoms with Crippen LogP contribution in [0.3, 0.4) is 0 Å². The molecule has 1 aromatic heterocycles. The molecule has 0 saturated carbocycles. The third-order valence-electron chi connectivity index (χ3n) is 4.27. The lowest BCUT2D eigenvalue weighted by atomic mass is 9.94. The number of nitrogens with one attached hydrogen (secondary N) is 1. The molecule has 0 aliphatic heterocycles. The molecule has 0 bridgehead atoms. The van der Waals surface area contributed by atoms with Gasteiger partial charge in [0.15, 0.2) is 5.69 Å². The van der Waals surface area contributed by atoms with Crippen LogP contribution in [0.2, 0.25) is 0 Å². The number of hydrogen-bond donors (Lipinski definition) is 2. The van der Waals surface area contributed by atoms with E-state index in [0.717, 1.165) is 12.1 Å². The second kappa shape index (κ2) is 7.26. The average Bonchev–Trinajstić information content (AvgIpc) is 3.09. The van der Waals surface area contributed by atoms with Gasteiger partial charge in [-0.3, -0.25) is 4.79 Å². The van der Waals surface area contributed by atoms with Crippen LogP contribution >= 0.6 is 0 Å². The van der Waals surface area contributed by atoms with Crippen molar-refractivity contribution in [3.63, 3.8) is 0 Å². The first-order valence-corrected chi connectivity index (χ1v) is 7.99. The Labute approximate surface area is 144 Å². The lowest BCUT2D eigenvalue weighted by Gasteiger charge is -2.26. The number of hydrogen-bond acceptors (Lipinski definition) is 3. The van der Waals surface area contributed by atoms with Crippen LogP contribution in [0.25, 0.3) is 5.69 Å². The number of carbonyl (C=O) groups is 1. The maximum absolute atomic E-state index is 12.8. The van der Waals surface area contributed by atoms with Gasteiger partial charge in [0.05, 0.1) is 11.3 Å². The van der Waals surface area contributed by atoms with Crippen LogP contribution < -0.4 is 11.1 Å². The van der Waals surface area contributed by atoms with Gasteiger partial charge in [0.1, 0.15) is 0 Å². The van der Waals surface area contributed by atoms with Gasteiger partial charge in [0.25, 0.3) is 5.91 Å². The minimum absolute atomic E-state index is 0.118. The second-order valence-electron chi connectivity index (χ2n) is 5.95. The minimum atomic E-state index is -4.44. The molecule has 1 amide bonds. The van der Waals surface area contributed by atoms with Crippen molar-refractivity contribution in [3.8, 4) is 5.69 Å². The van der Waals surface area contributed by atoms with Crippen LogP contribution in [-0.4, -0.2) is 27.8 Å². The summed E-state index contributed by atoms with van der Waals surface area (Å²) in [5.74, 6) is -0.414. The highest BCUT2D eigenvalue weighted by Gasteiger charge is 2.30. The number of carbonyl (C=O) groups excluding carboxylic acids is 1. The zero-order valence-corrected chi connectivity index (χ0v) is 14.1. The highest BCUT2D eigenvalue weighted by Crippen LogP contribution is 2.30. The van der Waals surface area contributed by atoms with Gasteiger partial charge in [0.2, 0.25) is 0 Å². The Hall–Kier alpha value is -2.35. The van der Waals surface area contributed by atoms with Gasteiger partial charge in [-0.1, -0.05) is 19.9 Å². The molecular formula is C17H21F3N4O. The molecule has 1 heterocycles. The normalized spacial score (nSPS) is 12.2. The second-order valence-corrected chi connectivity index (χ2v) is 5.95. The first kappa shape index (κ1) is 19.0. The lowest BCUT2D eigenvalue weighted by Crippen LogP contribution is -2.49. The Bertz CT molecular complexity index is 735. The molecule has 3 N–H and O–H groups in total. The zero-order chi connectivity index (χ0) is 18.7. The van der Waals surface area contributed by atoms with Crippen LogP contribution in [-0.2, 0) is 6.18 Å². The summed E-state index contributed by atoms with van der Waals surface area (Å²) in [5, 5.41) is 6.77. The predicted octanol–water partition coefficient (Wildman–Crippen LogP) is 3.14. The van der Waals surface area contributed by atoms with Gasteiger partial charge in [-0.25, -0.2) is 4.68 Å². The monoisotopic (exact) mass is 354 g/mol. The summed E-state index contributed by atoms with van der Waals surface area (Å²) in [4.78, 5) is 12.2. The molecule has 8 heteroatoms. The van der Waals surface area contributed by atoms with Gasteiger partial charge < -0.3 is 11.1 Å². The van der Waals surface area contributed by atoms with Crippen LogP contribution in [0.15, 0.2) is 36.5 Å². The molecule has 1 aromatic carbocycles. The van der Waals surface area contributed by atoms with E-state index in [0.29, 0.717) is 19.4 Å². The summed E-state index contributed by atoms with van der Waals surface area (Å²) in [6.45, 7) is 4.19. The summed E-state index contributed by atoms with van der Waals surface area (Å²) in [6.07, 6.45) is -1.57. The molecule has 0 spiro atoms. The smallest absolute Gasteiger partial charge is 0.349 e. The Morgan fingerprint density at radius 2 is 1.92 bits per heavy atom. The lowest BCUT2D eigenvalue weighted by molar-refractivity contribution is -0.137. The summed E-state index contributed by atoms with van der Waals surface area (Å²) >= 11 is 0. The first-order valence-electron chi connectivity index (χ1n) is 7.99. The number of aromatic nitrogens is 2. The molecule has 0 fully saturated rings. The molecule has 0 radical (unpaired) electrons. The van der Waals surface area contributed by atoms with Crippen molar-refractivity contribution in [1.29, 1.82) is 0 Å². The quantitative estimate of drug-likeness (QED) is 0.837. The van der Waals surface area contributed by atoms with Gasteiger partial charge >= 0.3 is 6.18 Å². The van der Waals surface area contributed by atoms with E-state index in [1.807, 2.05) is 13.8 Å². The molecule has 0 saturated heterocycles. The van der Waals surface area contributed by atoms with E-state index in [9.17, 15) is 18.0 Å². The predicted molar refractivity (Wildman–Crippen MR) is 88.4 cm³/mol. The fourth-order valence-corrected chi connectivity index (χ4v) is 2.26. The van der Waals surface area contributed by atoms with E-state index >= 15 is 0 Å². The molecule has 2 aromatic rings. The van der Waals surface area contributed by atoms with Crippen molar-refractivity contribution in [1.82, 2.24) is 15.1 Å². The Balaban J connectivity index is 2.13. The third-order valence-corrected chi connectivity index (χ3v) is 4.27. The summed E-state index contributed by atoms with van der Waals surface area (Å²) in [6, 6.07) is 6.20. The Kier molecular flexibility index (Phi) is 5.52. The standard InChI is InChI=1S/C17H21F3N4O/c1-3-16(21,4-2)11-22-15(25)14-8-9-24(23-14)13-7-5-6-12(10-13)17(18,19)20/h5-10H,3-4,11,21H2,1-2H3,(H,22,25). The fourth-order valence-electron chi connectivity index (χ4n) is 2.26. The maximum atomic E-state index is 12.8. The van der Waals surface area contributed by atoms with Crippen molar-refractivity contribution in [3.05, 3.63) is 47.8 Å². The maximum Gasteiger partial charge on any atom is 0.416 e. The van der Waals surface area contributed by atoms with E-state index in [-0.39, 0.29) is 11.4 Å². The van der Waals surface area contributed by atoms with E-state index in [1.54, 1.807) is 0 Å². The molecule has 0 unspecified atom stereocenters. The number of rotatable bonds is 6. The zero-order valence-electron chi connectivity index (χ0n) is 14.1. The van der Waals surface area contributed by atoms with Crippen molar-refractivity contribution in [2.75, 3.05) is 6.54 Å². The SMILES string of the molecule is CCC(N)(CC)CNC(=O)c1ccn(-c2cccc(C(F)(F)F)c2)n1. The summed E-state index contributed by atoms with van der Waals surface area (Å²) < 4.78 is 39.6. The van der Waals surface area contributed by atoms with Crippen molar-refractivity contribution < 1.29 is 18.0 Å². The molecule has 2 rings (SSSR count). The van der Waals surface area contributed by atoms with Crippen LogP contribution in [0.4, 0.5) is 13.2 Å². The van der Waals surface area contributed by atoms with E-state index in [1.165, 1.54) is 29.1 Å². The van der Waals surface area contributed by atoms with Crippen LogP contribution in [0.5, 0.6) is 0 Å². The number of alkyl halides is 3. The molecule has 5 nitrogen and oxygen atoms in total. The topological polar surface area (TPSA) is 72.9 Å². The highest BCUT2D eigenvalue weighted by atomic mass is 19.4. The van der Waals surface area contributed by atoms with E-state index in [2.05, 4.69) is 10.4 Å². The van der Waals surface area contributed by atoms with Crippen LogP contribution in [0, 0.1) is 0 Å². The van der Waals surface area contributed by atoms with Crippen molar-refractivity contribution in [2.45, 2.75) is 38.4 Å². The number of nitrogens with zero attached hydrogens (tertiary/aromatic N) is 2. The van der Waals surface area contributed by atoms with Gasteiger partial charge in [-0.2, -0.15) is 18.3 Å². The van der Waals surface area contributed by atoms with Gasteiger partial charge in [0, 0.05) is 18.3 Å². The number of benzene rings is 1. The van der Waals surface area contributed by atoms with Gasteiger partial charge in [-0.15, -0.1) is 0 Å². The number of amides is 1. The molecule has 0 aliphatic rings. The minimum Gasteiger partial charge on any atom is -0.349 e. The third kappa shape index (κ3) is 4.60. The first-order chi connectivity index (χ1) is 11.7. The van der Waals surface area contributed by atoms with E-state index in [4.69, 9.17) is 5.73 Å². The Morgan fingerprint density at radius 1 is 1.24 bits per heavy atom. The van der Waals surface area contributed by atoms with Crippen molar-refractivity contribution in [2.24, 2.45) is 5.73 Å². The van der Waals surface area contributed by atoms with Crippen molar-refractivity contribution >= 4 is 5.91 Å². The summed E-state index contributed by atoms with van der Waals surface area (Å²) in [7, 11) is 0. The molecule has 136 valence electrons. The highest BCUT2D eigenvalue weighted by molar-refractivity contribution is 5.92. The van der Waals surface area contributed by atoms with E-state index < -0.39 is 23.2 Å². The van der Waals surface area contributed by atoms with Crippen LogP contribution in [0.1, 0.15) is 42.7 Å². The summed E-state index contributed by atoms with van der Waals surface area (Å²) in [5.41, 5.74) is 5.21. The largest absolute Gasteiger partial charge is 0.416 e. The van der Waals surface area contributed by atoms with Gasteiger partial charge in [-0.05, 0) is 37.1 Å². The molecule has 0 aliphatic carbocycles. The molecular weight excluding hydrogens is 333 g/mol. The number of halogens is 3. The Morgan fingerprint density at radius 3 is 2.52 bits per heavy atom. The number of nitrogens with two attached hydrogens (primary N) is 1.